The molecule has 0 saturated heterocycles. The maximum atomic E-state index is 9.05. The topological polar surface area (TPSA) is 17.1 Å². The Balaban J connectivity index is 0. The van der Waals surface area contributed by atoms with Gasteiger partial charge in [0.05, 0.1) is 0 Å². The van der Waals surface area contributed by atoms with E-state index in [0.29, 0.717) is 6.42 Å². The van der Waals surface area contributed by atoms with Crippen LogP contribution in [0.5, 0.6) is 0 Å². The van der Waals surface area contributed by atoms with Crippen LogP contribution in [0.25, 0.3) is 0 Å². The van der Waals surface area contributed by atoms with E-state index in [2.05, 4.69) is 0 Å². The van der Waals surface area contributed by atoms with Gasteiger partial charge in [-0.1, -0.05) is 6.92 Å². The fourth-order valence-electron chi connectivity index (χ4n) is 0. The van der Waals surface area contributed by atoms with Gasteiger partial charge in [-0.2, -0.15) is 6.42 Å². The van der Waals surface area contributed by atoms with Crippen molar-refractivity contribution in [3.63, 3.8) is 0 Å². The molecule has 0 aliphatic carbocycles. The quantitative estimate of drug-likeness (QED) is 0.495. The van der Waals surface area contributed by atoms with E-state index in [1.165, 1.54) is 0 Å². The van der Waals surface area contributed by atoms with Crippen LogP contribution in [0.2, 0.25) is 0 Å². The number of hydrogen-bond donors (Lipinski definition) is 0. The summed E-state index contributed by atoms with van der Waals surface area (Å²) in [6.07, 6.45) is 2.19. The van der Waals surface area contributed by atoms with Crippen molar-refractivity contribution in [3.8, 4) is 0 Å². The van der Waals surface area contributed by atoms with Crippen LogP contribution >= 0.6 is 0 Å². The second-order valence-electron chi connectivity index (χ2n) is 0.498. The van der Waals surface area contributed by atoms with Gasteiger partial charge in [-0.05, 0) is 0 Å². The summed E-state index contributed by atoms with van der Waals surface area (Å²) < 4.78 is 0. The standard InChI is InChI=1S/C3H5O.Zr/c1-2-3-4;/h2H2,1H3;/q-1;. The average Bonchev–Trinajstić information content (AvgIpc) is 1.37. The third-order valence-electron chi connectivity index (χ3n) is 0.144. The molecule has 2 heteroatoms. The maximum Gasteiger partial charge on any atom is 0 e. The summed E-state index contributed by atoms with van der Waals surface area (Å²) in [4.78, 5) is 9.05. The summed E-state index contributed by atoms with van der Waals surface area (Å²) in [5, 5.41) is 0. The van der Waals surface area contributed by atoms with Gasteiger partial charge in [0.15, 0.2) is 0 Å². The van der Waals surface area contributed by atoms with Crippen molar-refractivity contribution in [1.82, 2.24) is 0 Å². The summed E-state index contributed by atoms with van der Waals surface area (Å²) in [5.74, 6) is 0. The molecule has 0 fully saturated rings. The Labute approximate surface area is 50.9 Å². The van der Waals surface area contributed by atoms with Gasteiger partial charge in [0.2, 0.25) is 0 Å². The molecule has 0 aromatic heterocycles. The van der Waals surface area contributed by atoms with Crippen LogP contribution in [-0.4, -0.2) is 6.29 Å². The van der Waals surface area contributed by atoms with E-state index in [9.17, 15) is 0 Å². The van der Waals surface area contributed by atoms with Crippen molar-refractivity contribution in [2.75, 3.05) is 0 Å². The monoisotopic (exact) mass is 147 g/mol. The average molecular weight is 148 g/mol. The Bertz CT molecular complexity index is 20.9. The minimum atomic E-state index is 0. The van der Waals surface area contributed by atoms with Gasteiger partial charge in [0, 0.05) is 26.2 Å². The van der Waals surface area contributed by atoms with E-state index < -0.39 is 0 Å². The predicted molar refractivity (Wildman–Crippen MR) is 16.0 cm³/mol. The van der Waals surface area contributed by atoms with E-state index in [1.54, 1.807) is 13.2 Å². The van der Waals surface area contributed by atoms with Crippen LogP contribution in [-0.2, 0) is 31.0 Å². The zero-order valence-electron chi connectivity index (χ0n) is 3.12. The molecule has 0 bridgehead atoms. The Morgan fingerprint density at radius 1 is 1.80 bits per heavy atom. The van der Waals surface area contributed by atoms with Crippen molar-refractivity contribution in [2.45, 2.75) is 13.3 Å². The Hall–Kier alpha value is 0.553. The zero-order chi connectivity index (χ0) is 3.41. The summed E-state index contributed by atoms with van der Waals surface area (Å²) in [5.41, 5.74) is 0. The predicted octanol–water partition coefficient (Wildman–Crippen LogP) is 0.504. The van der Waals surface area contributed by atoms with Gasteiger partial charge in [0.1, 0.15) is 0 Å². The van der Waals surface area contributed by atoms with E-state index in [-0.39, 0.29) is 26.2 Å². The maximum absolute atomic E-state index is 9.05. The minimum Gasteiger partial charge on any atom is -0.542 e. The van der Waals surface area contributed by atoms with Gasteiger partial charge in [-0.15, -0.1) is 0 Å². The molecule has 1 nitrogen and oxygen atoms in total. The first-order chi connectivity index (χ1) is 1.91. The van der Waals surface area contributed by atoms with Crippen LogP contribution in [0.1, 0.15) is 13.3 Å². The summed E-state index contributed by atoms with van der Waals surface area (Å²) in [6, 6.07) is 0. The Kier molecular flexibility index (Phi) is 16.1. The Morgan fingerprint density at radius 3 is 2.00 bits per heavy atom. The van der Waals surface area contributed by atoms with E-state index in [1.807, 2.05) is 0 Å². The zero-order valence-corrected chi connectivity index (χ0v) is 5.57. The molecule has 0 N–H and O–H groups in total. The van der Waals surface area contributed by atoms with Gasteiger partial charge in [-0.3, -0.25) is 6.29 Å². The summed E-state index contributed by atoms with van der Waals surface area (Å²) >= 11 is 0. The van der Waals surface area contributed by atoms with Crippen molar-refractivity contribution in [1.29, 1.82) is 0 Å². The van der Waals surface area contributed by atoms with Crippen molar-refractivity contribution < 1.29 is 31.0 Å². The SMILES string of the molecule is CC[C-]=O.[Zr]. The number of hydrogen-bond acceptors (Lipinski definition) is 1. The van der Waals surface area contributed by atoms with E-state index in [4.69, 9.17) is 4.79 Å². The van der Waals surface area contributed by atoms with E-state index in [0.717, 1.165) is 0 Å². The Morgan fingerprint density at radius 2 is 2.00 bits per heavy atom. The van der Waals surface area contributed by atoms with Crippen LogP contribution in [0.3, 0.4) is 0 Å². The van der Waals surface area contributed by atoms with Crippen LogP contribution in [0.15, 0.2) is 0 Å². The molecule has 0 aliphatic heterocycles. The first-order valence-electron chi connectivity index (χ1n) is 1.26. The van der Waals surface area contributed by atoms with Gasteiger partial charge in [-0.25, -0.2) is 0 Å². The number of rotatable bonds is 1. The molecule has 0 aromatic rings. The third-order valence-corrected chi connectivity index (χ3v) is 0.144. The largest absolute Gasteiger partial charge is 0.542 e. The first kappa shape index (κ1) is 9.12. The summed E-state index contributed by atoms with van der Waals surface area (Å²) in [7, 11) is 0. The second-order valence-corrected chi connectivity index (χ2v) is 0.498. The molecule has 0 unspecified atom stereocenters. The molecule has 0 saturated carbocycles. The molecule has 0 amide bonds. The molecule has 0 radical (unpaired) electrons. The number of carbonyl (C=O) groups excluding carboxylic acids is 1. The molecule has 0 heterocycles. The molecular formula is C3H5OZr-. The fourth-order valence-corrected chi connectivity index (χ4v) is 0. The minimum absolute atomic E-state index is 0. The normalized spacial score (nSPS) is 5.00. The van der Waals surface area contributed by atoms with Crippen LogP contribution in [0, 0.1) is 0 Å². The van der Waals surface area contributed by atoms with Crippen LogP contribution in [0.4, 0.5) is 0 Å². The molecule has 5 heavy (non-hydrogen) atoms. The molecule has 0 spiro atoms. The molecule has 28 valence electrons. The smallest absolute Gasteiger partial charge is 0 e. The van der Waals surface area contributed by atoms with E-state index >= 15 is 0 Å². The molecule has 0 aliphatic rings. The van der Waals surface area contributed by atoms with Crippen molar-refractivity contribution in [2.24, 2.45) is 0 Å². The molecule has 0 atom stereocenters. The van der Waals surface area contributed by atoms with Gasteiger partial charge >= 0.3 is 0 Å². The van der Waals surface area contributed by atoms with Gasteiger partial charge in [0.25, 0.3) is 0 Å². The summed E-state index contributed by atoms with van der Waals surface area (Å²) in [6.45, 7) is 1.76. The van der Waals surface area contributed by atoms with Crippen LogP contribution < -0.4 is 0 Å². The molecule has 0 aromatic carbocycles. The third kappa shape index (κ3) is 12.3. The molecule has 0 rings (SSSR count). The second kappa shape index (κ2) is 8.82. The first-order valence-corrected chi connectivity index (χ1v) is 1.26. The fraction of sp³-hybridized carbons (Fsp3) is 0.667. The molecular weight excluding hydrogens is 143 g/mol. The van der Waals surface area contributed by atoms with Crippen molar-refractivity contribution >= 4 is 6.29 Å². The van der Waals surface area contributed by atoms with Crippen molar-refractivity contribution in [3.05, 3.63) is 0 Å². The van der Waals surface area contributed by atoms with Gasteiger partial charge < -0.3 is 4.79 Å².